The van der Waals surface area contributed by atoms with Gasteiger partial charge in [-0.15, -0.1) is 11.3 Å². The Labute approximate surface area is 175 Å². The molecule has 0 amide bonds. The summed E-state index contributed by atoms with van der Waals surface area (Å²) in [5, 5.41) is 9.34. The third kappa shape index (κ3) is 7.05. The third-order valence-electron chi connectivity index (χ3n) is 5.99. The van der Waals surface area contributed by atoms with Gasteiger partial charge in [-0.2, -0.15) is 0 Å². The van der Waals surface area contributed by atoms with Crippen LogP contribution >= 0.6 is 11.3 Å². The number of aliphatic imine (C=N–C) groups is 1. The largest absolute Gasteiger partial charge is 0.357 e. The van der Waals surface area contributed by atoms with Gasteiger partial charge in [0.1, 0.15) is 0 Å². The van der Waals surface area contributed by atoms with E-state index in [0.717, 1.165) is 31.5 Å². The van der Waals surface area contributed by atoms with Crippen molar-refractivity contribution in [2.45, 2.75) is 58.5 Å². The molecule has 3 heterocycles. The van der Waals surface area contributed by atoms with Crippen LogP contribution in [0.25, 0.3) is 0 Å². The number of hydrogen-bond acceptors (Lipinski definition) is 4. The minimum Gasteiger partial charge on any atom is -0.357 e. The summed E-state index contributed by atoms with van der Waals surface area (Å²) in [7, 11) is 0. The summed E-state index contributed by atoms with van der Waals surface area (Å²) in [5.41, 5.74) is 0. The molecular formula is C22H39N5S. The highest BCUT2D eigenvalue weighted by Gasteiger charge is 2.21. The molecule has 2 fully saturated rings. The molecular weight excluding hydrogens is 366 g/mol. The number of piperidine rings is 2. The predicted octanol–water partition coefficient (Wildman–Crippen LogP) is 3.39. The van der Waals surface area contributed by atoms with Crippen LogP contribution in [0.2, 0.25) is 0 Å². The van der Waals surface area contributed by atoms with Crippen molar-refractivity contribution in [2.24, 2.45) is 10.9 Å². The Morgan fingerprint density at radius 3 is 2.50 bits per heavy atom. The van der Waals surface area contributed by atoms with E-state index in [4.69, 9.17) is 4.99 Å². The van der Waals surface area contributed by atoms with Crippen molar-refractivity contribution in [1.29, 1.82) is 0 Å². The van der Waals surface area contributed by atoms with Crippen LogP contribution in [0.3, 0.4) is 0 Å². The molecule has 0 spiro atoms. The lowest BCUT2D eigenvalue weighted by Gasteiger charge is -2.33. The molecule has 158 valence electrons. The van der Waals surface area contributed by atoms with Crippen molar-refractivity contribution in [3.63, 3.8) is 0 Å². The molecule has 1 aromatic heterocycles. The van der Waals surface area contributed by atoms with E-state index >= 15 is 0 Å². The zero-order valence-electron chi connectivity index (χ0n) is 17.8. The van der Waals surface area contributed by atoms with E-state index in [0.29, 0.717) is 6.04 Å². The van der Waals surface area contributed by atoms with Crippen molar-refractivity contribution in [1.82, 2.24) is 20.4 Å². The van der Waals surface area contributed by atoms with Gasteiger partial charge in [0, 0.05) is 43.6 Å². The summed E-state index contributed by atoms with van der Waals surface area (Å²) in [5.74, 6) is 1.75. The summed E-state index contributed by atoms with van der Waals surface area (Å²) in [4.78, 5) is 11.6. The van der Waals surface area contributed by atoms with Gasteiger partial charge in [-0.3, -0.25) is 9.89 Å². The second-order valence-electron chi connectivity index (χ2n) is 8.28. The third-order valence-corrected chi connectivity index (χ3v) is 6.85. The van der Waals surface area contributed by atoms with Crippen LogP contribution in [0.1, 0.15) is 50.8 Å². The number of nitrogens with zero attached hydrogens (tertiary/aromatic N) is 3. The lowest BCUT2D eigenvalue weighted by molar-refractivity contribution is 0.182. The smallest absolute Gasteiger partial charge is 0.191 e. The number of hydrogen-bond donors (Lipinski definition) is 2. The molecule has 2 N–H and O–H groups in total. The first-order valence-corrected chi connectivity index (χ1v) is 12.2. The van der Waals surface area contributed by atoms with Crippen LogP contribution in [0.15, 0.2) is 22.5 Å². The molecule has 5 nitrogen and oxygen atoms in total. The van der Waals surface area contributed by atoms with E-state index in [9.17, 15) is 0 Å². The molecule has 2 aliphatic rings. The second kappa shape index (κ2) is 11.8. The molecule has 1 aromatic rings. The van der Waals surface area contributed by atoms with Gasteiger partial charge in [0.15, 0.2) is 5.96 Å². The fourth-order valence-corrected chi connectivity index (χ4v) is 5.05. The van der Waals surface area contributed by atoms with Gasteiger partial charge in [0.2, 0.25) is 0 Å². The molecule has 6 heteroatoms. The molecule has 2 aliphatic heterocycles. The fourth-order valence-electron chi connectivity index (χ4n) is 4.30. The topological polar surface area (TPSA) is 42.9 Å². The number of nitrogens with one attached hydrogen (secondary N) is 2. The van der Waals surface area contributed by atoms with Gasteiger partial charge in [-0.05, 0) is 76.0 Å². The fraction of sp³-hybridized carbons (Fsp3) is 0.773. The van der Waals surface area contributed by atoms with Gasteiger partial charge in [-0.25, -0.2) is 0 Å². The SMILES string of the molecule is CCCN1CCC(NC(=NCC2CCN(Cc3cccs3)CC2)NCC)CC1. The summed E-state index contributed by atoms with van der Waals surface area (Å²) >= 11 is 1.87. The number of thiophene rings is 1. The Hall–Kier alpha value is -1.11. The average Bonchev–Trinajstić information content (AvgIpc) is 3.22. The lowest BCUT2D eigenvalue weighted by Crippen LogP contribution is -2.49. The number of rotatable bonds is 8. The molecule has 28 heavy (non-hydrogen) atoms. The van der Waals surface area contributed by atoms with Crippen molar-refractivity contribution >= 4 is 17.3 Å². The van der Waals surface area contributed by atoms with Crippen LogP contribution in [-0.4, -0.2) is 67.6 Å². The first kappa shape index (κ1) is 21.6. The second-order valence-corrected chi connectivity index (χ2v) is 9.31. The molecule has 0 aromatic carbocycles. The number of guanidine groups is 1. The molecule has 0 atom stereocenters. The highest BCUT2D eigenvalue weighted by Crippen LogP contribution is 2.21. The van der Waals surface area contributed by atoms with Crippen molar-refractivity contribution in [2.75, 3.05) is 45.8 Å². The van der Waals surface area contributed by atoms with Crippen LogP contribution in [-0.2, 0) is 6.54 Å². The quantitative estimate of drug-likeness (QED) is 0.514. The summed E-state index contributed by atoms with van der Waals surface area (Å²) in [6, 6.07) is 4.98. The average molecular weight is 406 g/mol. The predicted molar refractivity (Wildman–Crippen MR) is 121 cm³/mol. The maximum absolute atomic E-state index is 4.95. The summed E-state index contributed by atoms with van der Waals surface area (Å²) in [6.07, 6.45) is 6.25. The van der Waals surface area contributed by atoms with Gasteiger partial charge in [0.05, 0.1) is 0 Å². The van der Waals surface area contributed by atoms with E-state index in [-0.39, 0.29) is 0 Å². The Bertz CT molecular complexity index is 557. The van der Waals surface area contributed by atoms with Crippen molar-refractivity contribution in [3.8, 4) is 0 Å². The maximum Gasteiger partial charge on any atom is 0.191 e. The molecule has 3 rings (SSSR count). The van der Waals surface area contributed by atoms with Crippen LogP contribution in [0.4, 0.5) is 0 Å². The highest BCUT2D eigenvalue weighted by atomic mass is 32.1. The molecule has 2 saturated heterocycles. The van der Waals surface area contributed by atoms with Gasteiger partial charge in [0.25, 0.3) is 0 Å². The minimum atomic E-state index is 0.568. The van der Waals surface area contributed by atoms with E-state index < -0.39 is 0 Å². The zero-order valence-corrected chi connectivity index (χ0v) is 18.6. The molecule has 0 saturated carbocycles. The normalized spacial score (nSPS) is 21.1. The van der Waals surface area contributed by atoms with Crippen LogP contribution < -0.4 is 10.6 Å². The van der Waals surface area contributed by atoms with E-state index in [1.165, 1.54) is 69.7 Å². The minimum absolute atomic E-state index is 0.568. The van der Waals surface area contributed by atoms with Gasteiger partial charge in [-0.1, -0.05) is 13.0 Å². The standard InChI is InChI=1S/C22H39N5S/c1-3-11-26-14-9-20(10-15-26)25-22(23-4-2)24-17-19-7-12-27(13-8-19)18-21-6-5-16-28-21/h5-6,16,19-20H,3-4,7-15,17-18H2,1-2H3,(H2,23,24,25). The first-order valence-electron chi connectivity index (χ1n) is 11.3. The van der Waals surface area contributed by atoms with E-state index in [1.54, 1.807) is 0 Å². The highest BCUT2D eigenvalue weighted by molar-refractivity contribution is 7.09. The van der Waals surface area contributed by atoms with E-state index in [2.05, 4.69) is 51.8 Å². The Morgan fingerprint density at radius 2 is 1.86 bits per heavy atom. The zero-order chi connectivity index (χ0) is 19.6. The molecule has 0 bridgehead atoms. The van der Waals surface area contributed by atoms with Crippen LogP contribution in [0, 0.1) is 5.92 Å². The van der Waals surface area contributed by atoms with E-state index in [1.807, 2.05) is 11.3 Å². The monoisotopic (exact) mass is 405 g/mol. The Morgan fingerprint density at radius 1 is 1.11 bits per heavy atom. The summed E-state index contributed by atoms with van der Waals surface area (Å²) < 4.78 is 0. The Kier molecular flexibility index (Phi) is 9.09. The maximum atomic E-state index is 4.95. The van der Waals surface area contributed by atoms with Crippen LogP contribution in [0.5, 0.6) is 0 Å². The van der Waals surface area contributed by atoms with Crippen molar-refractivity contribution in [3.05, 3.63) is 22.4 Å². The van der Waals surface area contributed by atoms with Gasteiger partial charge >= 0.3 is 0 Å². The van der Waals surface area contributed by atoms with Gasteiger partial charge < -0.3 is 15.5 Å². The first-order chi connectivity index (χ1) is 13.8. The molecule has 0 aliphatic carbocycles. The molecule has 0 unspecified atom stereocenters. The summed E-state index contributed by atoms with van der Waals surface area (Å²) in [6.45, 7) is 13.5. The Balaban J connectivity index is 1.39. The number of likely N-dealkylation sites (tertiary alicyclic amines) is 2. The molecule has 0 radical (unpaired) electrons. The lowest BCUT2D eigenvalue weighted by atomic mass is 9.97. The van der Waals surface area contributed by atoms with Crippen molar-refractivity contribution < 1.29 is 0 Å².